The first-order chi connectivity index (χ1) is 7.84. The molecular formula is C12H16BrNO2S. The summed E-state index contributed by atoms with van der Waals surface area (Å²) in [5.41, 5.74) is 0.813. The van der Waals surface area contributed by atoms with E-state index in [1.165, 1.54) is 0 Å². The minimum Gasteiger partial charge on any atom is -0.496 e. The van der Waals surface area contributed by atoms with E-state index in [0.717, 1.165) is 10.0 Å². The monoisotopic (exact) mass is 317 g/mol. The van der Waals surface area contributed by atoms with Gasteiger partial charge in [-0.05, 0) is 39.0 Å². The van der Waals surface area contributed by atoms with Crippen molar-refractivity contribution in [3.05, 3.63) is 28.2 Å². The Hall–Kier alpha value is -0.680. The van der Waals surface area contributed by atoms with Crippen LogP contribution in [0.1, 0.15) is 26.3 Å². The fourth-order valence-corrected chi connectivity index (χ4v) is 1.92. The molecule has 0 amide bonds. The van der Waals surface area contributed by atoms with Crippen LogP contribution >= 0.6 is 15.9 Å². The fourth-order valence-electron chi connectivity index (χ4n) is 1.05. The summed E-state index contributed by atoms with van der Waals surface area (Å²) >= 11 is 3.36. The molecule has 0 N–H and O–H groups in total. The molecule has 1 aromatic carbocycles. The van der Waals surface area contributed by atoms with Crippen molar-refractivity contribution in [3.63, 3.8) is 0 Å². The molecule has 94 valence electrons. The molecule has 0 fully saturated rings. The Morgan fingerprint density at radius 3 is 2.59 bits per heavy atom. The second-order valence-electron chi connectivity index (χ2n) is 4.48. The van der Waals surface area contributed by atoms with Crippen molar-refractivity contribution >= 4 is 33.1 Å². The summed E-state index contributed by atoms with van der Waals surface area (Å²) in [5, 5.41) is 0. The second-order valence-corrected chi connectivity index (χ2v) is 7.33. The molecule has 5 heteroatoms. The van der Waals surface area contributed by atoms with Crippen LogP contribution in [0, 0.1) is 0 Å². The summed E-state index contributed by atoms with van der Waals surface area (Å²) in [4.78, 5) is 0. The molecule has 1 aromatic rings. The standard InChI is InChI=1S/C12H16BrNO2S/c1-12(2,3)17(15)14-8-9-5-6-10(13)7-11(9)16-4/h5-8H,1-4H3/t17-/m1/s1. The van der Waals surface area contributed by atoms with Crippen LogP contribution in [0.3, 0.4) is 0 Å². The third-order valence-corrected chi connectivity index (χ3v) is 3.84. The zero-order valence-electron chi connectivity index (χ0n) is 10.4. The van der Waals surface area contributed by atoms with E-state index in [0.29, 0.717) is 5.75 Å². The maximum absolute atomic E-state index is 11.8. The van der Waals surface area contributed by atoms with Crippen molar-refractivity contribution in [3.8, 4) is 5.75 Å². The molecular weight excluding hydrogens is 302 g/mol. The minimum atomic E-state index is -1.25. The molecule has 0 radical (unpaired) electrons. The molecule has 0 aliphatic heterocycles. The molecule has 0 spiro atoms. The Kier molecular flexibility index (Phi) is 4.89. The highest BCUT2D eigenvalue weighted by molar-refractivity contribution is 9.10. The van der Waals surface area contributed by atoms with E-state index in [4.69, 9.17) is 4.74 Å². The summed E-state index contributed by atoms with van der Waals surface area (Å²) in [6.45, 7) is 5.66. The topological polar surface area (TPSA) is 38.7 Å². The maximum atomic E-state index is 11.8. The average molecular weight is 318 g/mol. The van der Waals surface area contributed by atoms with Crippen molar-refractivity contribution in [2.24, 2.45) is 4.40 Å². The molecule has 3 nitrogen and oxygen atoms in total. The van der Waals surface area contributed by atoms with Gasteiger partial charge in [0.25, 0.3) is 0 Å². The van der Waals surface area contributed by atoms with E-state index < -0.39 is 11.0 Å². The van der Waals surface area contributed by atoms with Gasteiger partial charge >= 0.3 is 0 Å². The maximum Gasteiger partial charge on any atom is 0.144 e. The summed E-state index contributed by atoms with van der Waals surface area (Å²) in [7, 11) is 0.346. The van der Waals surface area contributed by atoms with Crippen LogP contribution in [0.25, 0.3) is 0 Å². The van der Waals surface area contributed by atoms with Crippen LogP contribution in [-0.4, -0.2) is 22.3 Å². The molecule has 0 unspecified atom stereocenters. The quantitative estimate of drug-likeness (QED) is 0.802. The molecule has 0 saturated carbocycles. The zero-order valence-corrected chi connectivity index (χ0v) is 12.8. The third-order valence-electron chi connectivity index (χ3n) is 2.01. The highest BCUT2D eigenvalue weighted by atomic mass is 79.9. The number of rotatable bonds is 3. The first-order valence-electron chi connectivity index (χ1n) is 5.14. The van der Waals surface area contributed by atoms with Crippen LogP contribution < -0.4 is 4.74 Å². The highest BCUT2D eigenvalue weighted by Gasteiger charge is 2.18. The van der Waals surface area contributed by atoms with Crippen LogP contribution in [0.15, 0.2) is 27.1 Å². The van der Waals surface area contributed by atoms with Gasteiger partial charge in [-0.25, -0.2) is 4.21 Å². The van der Waals surface area contributed by atoms with Crippen molar-refractivity contribution in [2.75, 3.05) is 7.11 Å². The van der Waals surface area contributed by atoms with E-state index in [1.807, 2.05) is 39.0 Å². The number of halogens is 1. The van der Waals surface area contributed by atoms with E-state index in [1.54, 1.807) is 13.3 Å². The third kappa shape index (κ3) is 4.24. The van der Waals surface area contributed by atoms with Gasteiger partial charge in [0.15, 0.2) is 0 Å². The number of methoxy groups -OCH3 is 1. The second kappa shape index (κ2) is 5.78. The van der Waals surface area contributed by atoms with E-state index in [2.05, 4.69) is 20.3 Å². The Balaban J connectivity index is 2.96. The number of hydrogen-bond acceptors (Lipinski definition) is 2. The molecule has 0 aromatic heterocycles. The fraction of sp³-hybridized carbons (Fsp3) is 0.417. The molecule has 1 atom stereocenters. The predicted molar refractivity (Wildman–Crippen MR) is 76.2 cm³/mol. The van der Waals surface area contributed by atoms with Crippen LogP contribution in [-0.2, 0) is 11.0 Å². The van der Waals surface area contributed by atoms with Gasteiger partial charge in [0.1, 0.15) is 16.7 Å². The first kappa shape index (κ1) is 14.4. The largest absolute Gasteiger partial charge is 0.496 e. The molecule has 0 saturated heterocycles. The number of ether oxygens (including phenoxy) is 1. The van der Waals surface area contributed by atoms with Gasteiger partial charge in [-0.1, -0.05) is 15.9 Å². The summed E-state index contributed by atoms with van der Waals surface area (Å²) in [5.74, 6) is 0.703. The summed E-state index contributed by atoms with van der Waals surface area (Å²) in [6.07, 6.45) is 1.59. The van der Waals surface area contributed by atoms with Gasteiger partial charge in [0.2, 0.25) is 0 Å². The Morgan fingerprint density at radius 1 is 1.41 bits per heavy atom. The van der Waals surface area contributed by atoms with Crippen molar-refractivity contribution in [2.45, 2.75) is 25.5 Å². The van der Waals surface area contributed by atoms with Crippen molar-refractivity contribution in [1.82, 2.24) is 0 Å². The van der Waals surface area contributed by atoms with E-state index in [9.17, 15) is 4.21 Å². The SMILES string of the molecule is COc1cc(Br)ccc1C=N[S@](=O)C(C)(C)C. The smallest absolute Gasteiger partial charge is 0.144 e. The lowest BCUT2D eigenvalue weighted by Crippen LogP contribution is -2.19. The van der Waals surface area contributed by atoms with Gasteiger partial charge in [-0.3, -0.25) is 0 Å². The lowest BCUT2D eigenvalue weighted by molar-refractivity contribution is 0.414. The zero-order chi connectivity index (χ0) is 13.1. The minimum absolute atomic E-state index is 0.348. The molecule has 0 aliphatic carbocycles. The summed E-state index contributed by atoms with van der Waals surface area (Å²) in [6, 6.07) is 5.61. The highest BCUT2D eigenvalue weighted by Crippen LogP contribution is 2.22. The lowest BCUT2D eigenvalue weighted by Gasteiger charge is -2.13. The number of hydrogen-bond donors (Lipinski definition) is 0. The van der Waals surface area contributed by atoms with Crippen molar-refractivity contribution < 1.29 is 8.95 Å². The van der Waals surface area contributed by atoms with Crippen LogP contribution in [0.5, 0.6) is 5.75 Å². The number of benzene rings is 1. The Morgan fingerprint density at radius 2 is 2.06 bits per heavy atom. The van der Waals surface area contributed by atoms with E-state index >= 15 is 0 Å². The summed E-state index contributed by atoms with van der Waals surface area (Å²) < 4.78 is 21.6. The Bertz CT molecular complexity index is 452. The number of nitrogens with zero attached hydrogens (tertiary/aromatic N) is 1. The van der Waals surface area contributed by atoms with Gasteiger partial charge in [-0.15, -0.1) is 0 Å². The molecule has 0 bridgehead atoms. The normalized spacial score (nSPS) is 13.9. The molecule has 0 aliphatic rings. The van der Waals surface area contributed by atoms with Gasteiger partial charge in [0.05, 0.1) is 11.9 Å². The lowest BCUT2D eigenvalue weighted by atomic mass is 10.2. The molecule has 1 rings (SSSR count). The Labute approximate surface area is 113 Å². The van der Waals surface area contributed by atoms with Gasteiger partial charge in [-0.2, -0.15) is 4.40 Å². The molecule has 17 heavy (non-hydrogen) atoms. The van der Waals surface area contributed by atoms with Gasteiger partial charge < -0.3 is 4.74 Å². The van der Waals surface area contributed by atoms with Gasteiger partial charge in [0, 0.05) is 16.3 Å². The molecule has 0 heterocycles. The van der Waals surface area contributed by atoms with Crippen LogP contribution in [0.2, 0.25) is 0 Å². The van der Waals surface area contributed by atoms with E-state index in [-0.39, 0.29) is 4.75 Å². The first-order valence-corrected chi connectivity index (χ1v) is 7.04. The predicted octanol–water partition coefficient (Wildman–Crippen LogP) is 3.34. The van der Waals surface area contributed by atoms with Crippen molar-refractivity contribution in [1.29, 1.82) is 0 Å². The van der Waals surface area contributed by atoms with Crippen LogP contribution in [0.4, 0.5) is 0 Å². The average Bonchev–Trinajstić information content (AvgIpc) is 2.25.